The summed E-state index contributed by atoms with van der Waals surface area (Å²) < 4.78 is 11.8. The van der Waals surface area contributed by atoms with Gasteiger partial charge in [-0.25, -0.2) is 4.98 Å². The first-order valence-corrected chi connectivity index (χ1v) is 11.0. The minimum atomic E-state index is 0.405. The predicted molar refractivity (Wildman–Crippen MR) is 110 cm³/mol. The van der Waals surface area contributed by atoms with Gasteiger partial charge in [0, 0.05) is 4.88 Å². The van der Waals surface area contributed by atoms with Crippen LogP contribution in [-0.2, 0) is 30.5 Å². The number of nitrogens with zero attached hydrogens (tertiary/aromatic N) is 3. The highest BCUT2D eigenvalue weighted by molar-refractivity contribution is 7.19. The normalized spacial score (nSPS) is 16.7. The summed E-state index contributed by atoms with van der Waals surface area (Å²) in [6, 6.07) is 9.89. The van der Waals surface area contributed by atoms with E-state index in [4.69, 9.17) is 24.7 Å². The number of quaternary nitrogens is 1. The van der Waals surface area contributed by atoms with E-state index in [-0.39, 0.29) is 0 Å². The molecule has 0 atom stereocenters. The lowest BCUT2D eigenvalue weighted by atomic mass is 10.1. The number of ether oxygens (including phenoxy) is 2. The second-order valence-corrected chi connectivity index (χ2v) is 8.69. The number of morpholine rings is 1. The molecule has 3 aromatic rings. The van der Waals surface area contributed by atoms with Crippen molar-refractivity contribution >= 4 is 21.6 Å². The van der Waals surface area contributed by atoms with Crippen molar-refractivity contribution < 1.29 is 14.4 Å². The van der Waals surface area contributed by atoms with Crippen LogP contribution in [0.25, 0.3) is 10.2 Å². The Morgan fingerprint density at radius 1 is 1.14 bits per heavy atom. The van der Waals surface area contributed by atoms with Crippen molar-refractivity contribution in [3.05, 3.63) is 46.1 Å². The highest BCUT2D eigenvalue weighted by Crippen LogP contribution is 2.41. The first kappa shape index (κ1) is 18.5. The number of thiophene rings is 1. The van der Waals surface area contributed by atoms with E-state index >= 15 is 0 Å². The van der Waals surface area contributed by atoms with Gasteiger partial charge < -0.3 is 14.4 Å². The van der Waals surface area contributed by atoms with Crippen LogP contribution in [0.2, 0.25) is 0 Å². The topological polar surface area (TPSA) is 72.5 Å². The average Bonchev–Trinajstić information content (AvgIpc) is 3.31. The Bertz CT molecular complexity index is 1070. The van der Waals surface area contributed by atoms with Gasteiger partial charge in [0.15, 0.2) is 5.82 Å². The molecule has 0 saturated carbocycles. The molecule has 0 unspecified atom stereocenters. The van der Waals surface area contributed by atoms with Crippen molar-refractivity contribution in [1.82, 2.24) is 9.97 Å². The molecule has 0 amide bonds. The number of hydrogen-bond donors (Lipinski definition) is 1. The molecule has 29 heavy (non-hydrogen) atoms. The van der Waals surface area contributed by atoms with Gasteiger partial charge in [-0.05, 0) is 42.5 Å². The average molecular weight is 408 g/mol. The van der Waals surface area contributed by atoms with Crippen LogP contribution in [0, 0.1) is 11.3 Å². The predicted octanol–water partition coefficient (Wildman–Crippen LogP) is 2.45. The highest BCUT2D eigenvalue weighted by atomic mass is 32.1. The van der Waals surface area contributed by atoms with Gasteiger partial charge in [0.05, 0.1) is 31.1 Å². The zero-order valence-corrected chi connectivity index (χ0v) is 17.1. The summed E-state index contributed by atoms with van der Waals surface area (Å²) in [7, 11) is 0. The molecule has 0 spiro atoms. The smallest absolute Gasteiger partial charge is 0.231 e. The van der Waals surface area contributed by atoms with Crippen molar-refractivity contribution in [2.75, 3.05) is 26.3 Å². The Hall–Kier alpha value is -2.53. The first-order chi connectivity index (χ1) is 14.3. The molecule has 1 aliphatic heterocycles. The quantitative estimate of drug-likeness (QED) is 0.703. The Labute approximate surface area is 173 Å². The number of rotatable bonds is 5. The fraction of sp³-hybridized carbons (Fsp3) is 0.409. The third-order valence-electron chi connectivity index (χ3n) is 5.61. The Kier molecular flexibility index (Phi) is 5.15. The molecular weight excluding hydrogens is 384 g/mol. The second kappa shape index (κ2) is 8.07. The van der Waals surface area contributed by atoms with Gasteiger partial charge in [0.2, 0.25) is 5.88 Å². The van der Waals surface area contributed by atoms with Crippen LogP contribution in [0.4, 0.5) is 0 Å². The summed E-state index contributed by atoms with van der Waals surface area (Å²) in [5.74, 6) is 2.25. The molecule has 0 radical (unpaired) electrons. The van der Waals surface area contributed by atoms with Crippen LogP contribution in [0.1, 0.15) is 28.2 Å². The summed E-state index contributed by atoms with van der Waals surface area (Å²) in [6.45, 7) is 4.35. The van der Waals surface area contributed by atoms with E-state index in [1.54, 1.807) is 11.3 Å². The second-order valence-electron chi connectivity index (χ2n) is 7.60. The monoisotopic (exact) mass is 407 g/mol. The number of benzene rings is 1. The van der Waals surface area contributed by atoms with Crippen molar-refractivity contribution in [1.29, 1.82) is 5.26 Å². The van der Waals surface area contributed by atoms with E-state index in [1.165, 1.54) is 21.8 Å². The summed E-state index contributed by atoms with van der Waals surface area (Å²) in [6.07, 6.45) is 3.80. The van der Waals surface area contributed by atoms with Crippen LogP contribution in [0.15, 0.2) is 24.3 Å². The molecule has 2 aromatic heterocycles. The van der Waals surface area contributed by atoms with Gasteiger partial charge in [-0.3, -0.25) is 0 Å². The molecule has 1 N–H and O–H groups in total. The number of fused-ring (bicyclic) bond motifs is 3. The molecule has 148 valence electrons. The number of nitriles is 1. The van der Waals surface area contributed by atoms with Crippen LogP contribution in [0.5, 0.6) is 11.6 Å². The molecule has 0 bridgehead atoms. The third kappa shape index (κ3) is 3.84. The maximum Gasteiger partial charge on any atom is 0.231 e. The van der Waals surface area contributed by atoms with E-state index in [1.807, 2.05) is 24.3 Å². The standard InChI is InChI=1S/C22H22N4O2S/c23-9-8-15-4-6-16(7-5-15)28-21-20-17-2-1-3-18(17)29-22(20)25-19(24-21)14-26-10-12-27-13-11-26/h4-7H,1-3,8,10-14H2/p+1. The number of hydrogen-bond acceptors (Lipinski definition) is 6. The molecule has 6 nitrogen and oxygen atoms in total. The minimum absolute atomic E-state index is 0.405. The molecular formula is C22H23N4O2S+. The highest BCUT2D eigenvalue weighted by Gasteiger charge is 2.25. The zero-order valence-electron chi connectivity index (χ0n) is 16.2. The lowest BCUT2D eigenvalue weighted by Gasteiger charge is -2.23. The van der Waals surface area contributed by atoms with E-state index in [2.05, 4.69) is 6.07 Å². The Balaban J connectivity index is 1.50. The van der Waals surface area contributed by atoms with Crippen LogP contribution < -0.4 is 9.64 Å². The molecule has 1 saturated heterocycles. The maximum absolute atomic E-state index is 8.87. The van der Waals surface area contributed by atoms with Gasteiger partial charge in [0.1, 0.15) is 30.2 Å². The van der Waals surface area contributed by atoms with Gasteiger partial charge in [-0.15, -0.1) is 11.3 Å². The summed E-state index contributed by atoms with van der Waals surface area (Å²) >= 11 is 1.80. The van der Waals surface area contributed by atoms with Crippen LogP contribution >= 0.6 is 11.3 Å². The van der Waals surface area contributed by atoms with E-state index in [9.17, 15) is 0 Å². The van der Waals surface area contributed by atoms with Gasteiger partial charge in [0.25, 0.3) is 0 Å². The van der Waals surface area contributed by atoms with Crippen molar-refractivity contribution in [3.63, 3.8) is 0 Å². The molecule has 2 aliphatic rings. The fourth-order valence-corrected chi connectivity index (χ4v) is 5.37. The molecule has 1 aliphatic carbocycles. The Morgan fingerprint density at radius 3 is 2.76 bits per heavy atom. The number of aromatic nitrogens is 2. The number of nitrogens with one attached hydrogen (secondary N) is 1. The third-order valence-corrected chi connectivity index (χ3v) is 6.79. The van der Waals surface area contributed by atoms with Gasteiger partial charge >= 0.3 is 0 Å². The first-order valence-electron chi connectivity index (χ1n) is 10.2. The van der Waals surface area contributed by atoms with Crippen LogP contribution in [-0.4, -0.2) is 36.3 Å². The lowest BCUT2D eigenvalue weighted by molar-refractivity contribution is -0.922. The minimum Gasteiger partial charge on any atom is -0.438 e. The zero-order chi connectivity index (χ0) is 19.6. The van der Waals surface area contributed by atoms with Gasteiger partial charge in [-0.2, -0.15) is 10.2 Å². The van der Waals surface area contributed by atoms with Crippen LogP contribution in [0.3, 0.4) is 0 Å². The SMILES string of the molecule is N#CCc1ccc(Oc2nc(C[NH+]3CCOCC3)nc3sc4c(c23)CCC4)cc1. The summed E-state index contributed by atoms with van der Waals surface area (Å²) in [4.78, 5) is 13.7. The van der Waals surface area contributed by atoms with E-state index in [0.29, 0.717) is 12.3 Å². The molecule has 5 rings (SSSR count). The van der Waals surface area contributed by atoms with E-state index < -0.39 is 0 Å². The van der Waals surface area contributed by atoms with E-state index in [0.717, 1.165) is 73.0 Å². The van der Waals surface area contributed by atoms with Crippen molar-refractivity contribution in [3.8, 4) is 17.7 Å². The fourth-order valence-electron chi connectivity index (χ4n) is 4.10. The van der Waals surface area contributed by atoms with Gasteiger partial charge in [-0.1, -0.05) is 12.1 Å². The van der Waals surface area contributed by atoms with Crippen molar-refractivity contribution in [2.45, 2.75) is 32.2 Å². The Morgan fingerprint density at radius 2 is 1.97 bits per heavy atom. The summed E-state index contributed by atoms with van der Waals surface area (Å²) in [5, 5.41) is 9.95. The maximum atomic E-state index is 8.87. The number of aryl methyl sites for hydroxylation is 2. The molecule has 1 fully saturated rings. The largest absolute Gasteiger partial charge is 0.438 e. The molecule has 7 heteroatoms. The lowest BCUT2D eigenvalue weighted by Crippen LogP contribution is -3.12. The molecule has 3 heterocycles. The molecule has 1 aromatic carbocycles. The van der Waals surface area contributed by atoms with Crippen molar-refractivity contribution in [2.24, 2.45) is 0 Å². The summed E-state index contributed by atoms with van der Waals surface area (Å²) in [5.41, 5.74) is 2.35.